The van der Waals surface area contributed by atoms with E-state index in [1.165, 1.54) is 0 Å². The van der Waals surface area contributed by atoms with Gasteiger partial charge in [0.2, 0.25) is 5.88 Å². The Bertz CT molecular complexity index is 1740. The smallest absolute Gasteiger partial charge is 0.269 e. The lowest BCUT2D eigenvalue weighted by Gasteiger charge is -2.25. The van der Waals surface area contributed by atoms with Gasteiger partial charge in [-0.3, -0.25) is 14.7 Å². The number of anilines is 1. The molecule has 1 aromatic heterocycles. The van der Waals surface area contributed by atoms with E-state index in [0.29, 0.717) is 35.9 Å². The van der Waals surface area contributed by atoms with E-state index >= 15 is 0 Å². The summed E-state index contributed by atoms with van der Waals surface area (Å²) in [6, 6.07) is 13.3. The number of hydrogen-bond donors (Lipinski definition) is 0. The molecule has 1 amide bonds. The van der Waals surface area contributed by atoms with Gasteiger partial charge in [0, 0.05) is 24.7 Å². The highest BCUT2D eigenvalue weighted by molar-refractivity contribution is 7.93. The van der Waals surface area contributed by atoms with Crippen LogP contribution in [0.2, 0.25) is 0 Å². The zero-order valence-corrected chi connectivity index (χ0v) is 30.8. The van der Waals surface area contributed by atoms with Crippen molar-refractivity contribution in [3.8, 4) is 11.1 Å². The third-order valence-electron chi connectivity index (χ3n) is 9.73. The minimum Gasteiger partial charge on any atom is -0.382 e. The van der Waals surface area contributed by atoms with Crippen LogP contribution in [0.4, 0.5) is 5.88 Å². The summed E-state index contributed by atoms with van der Waals surface area (Å²) in [7, 11) is -2.61. The van der Waals surface area contributed by atoms with E-state index in [4.69, 9.17) is 19.0 Å². The van der Waals surface area contributed by atoms with Crippen LogP contribution in [0.3, 0.4) is 0 Å². The summed E-state index contributed by atoms with van der Waals surface area (Å²) in [6.45, 7) is 10.8. The van der Waals surface area contributed by atoms with Gasteiger partial charge in [0.25, 0.3) is 15.9 Å². The van der Waals surface area contributed by atoms with Crippen molar-refractivity contribution in [2.24, 2.45) is 10.9 Å². The number of sulfonamides is 1. The highest BCUT2D eigenvalue weighted by Gasteiger charge is 2.49. The number of aliphatic imine (C=N–C) groups is 1. The highest BCUT2D eigenvalue weighted by Crippen LogP contribution is 2.41. The quantitative estimate of drug-likeness (QED) is 0.106. The van der Waals surface area contributed by atoms with Gasteiger partial charge in [-0.2, -0.15) is 0 Å². The number of hydrogen-bond acceptors (Lipinski definition) is 8. The Morgan fingerprint density at radius 1 is 1.04 bits per heavy atom. The van der Waals surface area contributed by atoms with E-state index in [2.05, 4.69) is 32.0 Å². The average molecular weight is 693 g/mol. The zero-order chi connectivity index (χ0) is 35.2. The second-order valence-corrected chi connectivity index (χ2v) is 15.6. The van der Waals surface area contributed by atoms with Gasteiger partial charge >= 0.3 is 0 Å². The molecule has 0 unspecified atom stereocenters. The van der Waals surface area contributed by atoms with Crippen molar-refractivity contribution in [2.75, 3.05) is 31.4 Å². The largest absolute Gasteiger partial charge is 0.382 e. The Hall–Kier alpha value is -3.54. The maximum atomic E-state index is 14.6. The average Bonchev–Trinajstić information content (AvgIpc) is 3.77. The summed E-state index contributed by atoms with van der Waals surface area (Å²) < 4.78 is 46.7. The SMILES string of the molecule is CCCCC1=NC2(CCCC2)C(=O)N1Cc1ccc(-c2ccccc2S(=O)(=O)N(COCCOC)c2onc(C)c2C)c(CCC(C)C)c1. The van der Waals surface area contributed by atoms with Crippen LogP contribution in [-0.4, -0.2) is 62.8 Å². The van der Waals surface area contributed by atoms with Crippen LogP contribution >= 0.6 is 0 Å². The van der Waals surface area contributed by atoms with Gasteiger partial charge in [-0.1, -0.05) is 81.6 Å². The molecule has 266 valence electrons. The fourth-order valence-electron chi connectivity index (χ4n) is 6.74. The number of amides is 1. The van der Waals surface area contributed by atoms with Gasteiger partial charge in [-0.15, -0.1) is 0 Å². The molecule has 1 saturated carbocycles. The molecule has 0 saturated heterocycles. The number of carbonyl (C=O) groups is 1. The fourth-order valence-corrected chi connectivity index (χ4v) is 8.28. The summed E-state index contributed by atoms with van der Waals surface area (Å²) in [5, 5.41) is 4.03. The number of aromatic nitrogens is 1. The maximum absolute atomic E-state index is 14.6. The molecule has 49 heavy (non-hydrogen) atoms. The number of ether oxygens (including phenoxy) is 2. The van der Waals surface area contributed by atoms with Gasteiger partial charge in [0.05, 0.1) is 30.3 Å². The molecule has 1 fully saturated rings. The van der Waals surface area contributed by atoms with Crippen LogP contribution < -0.4 is 4.31 Å². The molecule has 0 radical (unpaired) electrons. The molecule has 1 aliphatic heterocycles. The summed E-state index contributed by atoms with van der Waals surface area (Å²) in [5.41, 5.74) is 4.12. The van der Waals surface area contributed by atoms with Crippen LogP contribution in [0.25, 0.3) is 11.1 Å². The normalized spacial score (nSPS) is 15.9. The van der Waals surface area contributed by atoms with E-state index in [1.807, 2.05) is 29.2 Å². The van der Waals surface area contributed by atoms with Crippen molar-refractivity contribution in [3.05, 3.63) is 64.8 Å². The third kappa shape index (κ3) is 7.94. The molecule has 0 bridgehead atoms. The summed E-state index contributed by atoms with van der Waals surface area (Å²) >= 11 is 0. The molecule has 2 aromatic carbocycles. The van der Waals surface area contributed by atoms with E-state index in [9.17, 15) is 13.2 Å². The number of benzene rings is 2. The summed E-state index contributed by atoms with van der Waals surface area (Å²) in [6.07, 6.45) is 8.22. The third-order valence-corrected chi connectivity index (χ3v) is 11.5. The van der Waals surface area contributed by atoms with Crippen molar-refractivity contribution in [1.29, 1.82) is 0 Å². The molecule has 5 rings (SSSR count). The zero-order valence-electron chi connectivity index (χ0n) is 30.0. The van der Waals surface area contributed by atoms with Gasteiger partial charge in [0.1, 0.15) is 18.1 Å². The standard InChI is InChI=1S/C38H52N4O6S/c1-7-8-15-35-39-38(20-11-12-21-38)37(43)41(35)25-30-17-19-32(31(24-30)18-16-27(2)3)33-13-9-10-14-34(33)49(44,45)42(26-47-23-22-46-6)36-28(4)29(5)40-48-36/h9-10,13-14,17,19,24,27H,7-8,11-12,15-16,18,20-23,25-26H2,1-6H3. The number of rotatable bonds is 17. The second-order valence-electron chi connectivity index (χ2n) is 13.8. The lowest BCUT2D eigenvalue weighted by atomic mass is 9.92. The number of aryl methyl sites for hydroxylation is 2. The van der Waals surface area contributed by atoms with Crippen LogP contribution in [0.1, 0.15) is 94.5 Å². The molecule has 3 aromatic rings. The Morgan fingerprint density at radius 3 is 2.47 bits per heavy atom. The topological polar surface area (TPSA) is 115 Å². The van der Waals surface area contributed by atoms with Crippen molar-refractivity contribution in [2.45, 2.75) is 109 Å². The van der Waals surface area contributed by atoms with Crippen molar-refractivity contribution in [1.82, 2.24) is 10.1 Å². The van der Waals surface area contributed by atoms with Crippen molar-refractivity contribution < 1.29 is 27.2 Å². The lowest BCUT2D eigenvalue weighted by molar-refractivity contribution is -0.131. The van der Waals surface area contributed by atoms with Crippen LogP contribution in [-0.2, 0) is 37.3 Å². The first kappa shape index (κ1) is 36.7. The van der Waals surface area contributed by atoms with Gasteiger partial charge in [-0.05, 0) is 74.6 Å². The molecule has 10 nitrogen and oxygen atoms in total. The van der Waals surface area contributed by atoms with Gasteiger partial charge in [0.15, 0.2) is 0 Å². The molecule has 1 aliphatic carbocycles. The summed E-state index contributed by atoms with van der Waals surface area (Å²) in [4.78, 5) is 21.0. The predicted octanol–water partition coefficient (Wildman–Crippen LogP) is 7.61. The Labute approximate surface area is 291 Å². The lowest BCUT2D eigenvalue weighted by Crippen LogP contribution is -2.40. The molecule has 2 heterocycles. The van der Waals surface area contributed by atoms with Crippen LogP contribution in [0, 0.1) is 19.8 Å². The Kier molecular flexibility index (Phi) is 12.0. The number of unbranched alkanes of at least 4 members (excludes halogenated alkanes) is 1. The predicted molar refractivity (Wildman–Crippen MR) is 192 cm³/mol. The van der Waals surface area contributed by atoms with E-state index in [-0.39, 0.29) is 30.0 Å². The molecular formula is C38H52N4O6S. The van der Waals surface area contributed by atoms with E-state index < -0.39 is 15.6 Å². The monoisotopic (exact) mass is 692 g/mol. The Balaban J connectivity index is 1.53. The number of carbonyl (C=O) groups excluding carboxylic acids is 1. The molecule has 1 spiro atoms. The first-order valence-electron chi connectivity index (χ1n) is 17.7. The summed E-state index contributed by atoms with van der Waals surface area (Å²) in [5.74, 6) is 1.61. The molecule has 0 atom stereocenters. The Morgan fingerprint density at radius 2 is 1.80 bits per heavy atom. The molecule has 11 heteroatoms. The minimum absolute atomic E-state index is 0.121. The molecule has 2 aliphatic rings. The van der Waals surface area contributed by atoms with E-state index in [1.54, 1.807) is 33.1 Å². The number of amidine groups is 1. The molecular weight excluding hydrogens is 641 g/mol. The first-order valence-corrected chi connectivity index (χ1v) is 19.1. The van der Waals surface area contributed by atoms with Crippen molar-refractivity contribution >= 4 is 27.7 Å². The van der Waals surface area contributed by atoms with Gasteiger partial charge in [-0.25, -0.2) is 12.7 Å². The van der Waals surface area contributed by atoms with E-state index in [0.717, 1.165) is 84.6 Å². The number of methoxy groups -OCH3 is 1. The van der Waals surface area contributed by atoms with Crippen molar-refractivity contribution in [3.63, 3.8) is 0 Å². The number of nitrogens with zero attached hydrogens (tertiary/aromatic N) is 4. The maximum Gasteiger partial charge on any atom is 0.269 e. The molecule has 0 N–H and O–H groups in total. The minimum atomic E-state index is -4.18. The first-order chi connectivity index (χ1) is 23.5. The second kappa shape index (κ2) is 16.0. The van der Waals surface area contributed by atoms with Gasteiger partial charge < -0.3 is 14.0 Å². The van der Waals surface area contributed by atoms with Crippen LogP contribution in [0.5, 0.6) is 0 Å². The highest BCUT2D eigenvalue weighted by atomic mass is 32.2. The fraction of sp³-hybridized carbons (Fsp3) is 0.553. The van der Waals surface area contributed by atoms with Crippen LogP contribution in [0.15, 0.2) is 56.9 Å².